The highest BCUT2D eigenvalue weighted by Gasteiger charge is 2.21. The Morgan fingerprint density at radius 3 is 2.48 bits per heavy atom. The Kier molecular flexibility index (Phi) is 6.44. The minimum atomic E-state index is -1.45. The van der Waals surface area contributed by atoms with Crippen LogP contribution in [0.4, 0.5) is 4.79 Å². The molecule has 0 aliphatic rings. The number of rotatable bonds is 7. The Morgan fingerprint density at radius 2 is 1.80 bits per heavy atom. The Labute approximate surface area is 143 Å². The van der Waals surface area contributed by atoms with Crippen molar-refractivity contribution in [2.75, 3.05) is 6.54 Å². The van der Waals surface area contributed by atoms with Gasteiger partial charge in [0, 0.05) is 6.54 Å². The fourth-order valence-electron chi connectivity index (χ4n) is 2.01. The number of pyridine rings is 1. The van der Waals surface area contributed by atoms with Gasteiger partial charge in [-0.3, -0.25) is 0 Å². The molecule has 0 saturated heterocycles. The van der Waals surface area contributed by atoms with Crippen molar-refractivity contribution < 1.29 is 29.6 Å². The molecule has 1 amide bonds. The second-order valence-electron chi connectivity index (χ2n) is 5.21. The van der Waals surface area contributed by atoms with E-state index >= 15 is 0 Å². The molecule has 132 valence electrons. The lowest BCUT2D eigenvalue weighted by molar-refractivity contribution is 0.0157. The molecule has 8 heteroatoms. The van der Waals surface area contributed by atoms with E-state index in [-0.39, 0.29) is 24.5 Å². The minimum absolute atomic E-state index is 0.00754. The number of aromatic nitrogens is 1. The molecular weight excluding hydrogens is 328 g/mol. The van der Waals surface area contributed by atoms with E-state index in [0.29, 0.717) is 0 Å². The van der Waals surface area contributed by atoms with Crippen molar-refractivity contribution in [1.82, 2.24) is 10.3 Å². The number of carboxylic acid groups (broad SMARTS) is 1. The van der Waals surface area contributed by atoms with Crippen LogP contribution < -0.4 is 5.32 Å². The van der Waals surface area contributed by atoms with Gasteiger partial charge in [-0.2, -0.15) is 0 Å². The van der Waals surface area contributed by atoms with Gasteiger partial charge < -0.3 is 25.4 Å². The molecule has 2 unspecified atom stereocenters. The normalized spacial score (nSPS) is 12.9. The van der Waals surface area contributed by atoms with Gasteiger partial charge in [0.2, 0.25) is 0 Å². The van der Waals surface area contributed by atoms with Gasteiger partial charge >= 0.3 is 12.1 Å². The summed E-state index contributed by atoms with van der Waals surface area (Å²) in [5.74, 6) is -1.24. The van der Waals surface area contributed by atoms with E-state index in [4.69, 9.17) is 9.84 Å². The molecule has 25 heavy (non-hydrogen) atoms. The molecule has 0 spiro atoms. The van der Waals surface area contributed by atoms with Gasteiger partial charge in [-0.25, -0.2) is 14.6 Å². The quantitative estimate of drug-likeness (QED) is 0.591. The predicted molar refractivity (Wildman–Crippen MR) is 86.8 cm³/mol. The standard InChI is InChI=1S/C17H18N2O6/c20-14(15(21)12-7-4-8-13(19-12)16(22)23)9-18-17(24)25-10-11-5-2-1-3-6-11/h1-8,14-15,20-21H,9-10H2,(H,18,24)(H,22,23). The SMILES string of the molecule is O=C(NCC(O)C(O)c1cccc(C(=O)O)n1)OCc1ccccc1. The second kappa shape index (κ2) is 8.76. The first-order valence-corrected chi connectivity index (χ1v) is 7.48. The molecule has 2 aromatic rings. The van der Waals surface area contributed by atoms with Crippen molar-refractivity contribution >= 4 is 12.1 Å². The number of nitrogens with one attached hydrogen (secondary N) is 1. The third-order valence-corrected chi connectivity index (χ3v) is 3.33. The Morgan fingerprint density at radius 1 is 1.08 bits per heavy atom. The van der Waals surface area contributed by atoms with Crippen molar-refractivity contribution in [2.45, 2.75) is 18.8 Å². The van der Waals surface area contributed by atoms with Gasteiger partial charge in [-0.15, -0.1) is 0 Å². The minimum Gasteiger partial charge on any atom is -0.477 e. The number of alkyl carbamates (subject to hydrolysis) is 1. The highest BCUT2D eigenvalue weighted by Crippen LogP contribution is 2.15. The van der Waals surface area contributed by atoms with Crippen LogP contribution in [0.3, 0.4) is 0 Å². The summed E-state index contributed by atoms with van der Waals surface area (Å²) in [5, 5.41) is 31.1. The zero-order valence-corrected chi connectivity index (χ0v) is 13.2. The van der Waals surface area contributed by atoms with Crippen molar-refractivity contribution in [3.8, 4) is 0 Å². The van der Waals surface area contributed by atoms with Crippen molar-refractivity contribution in [3.05, 3.63) is 65.5 Å². The van der Waals surface area contributed by atoms with Crippen LogP contribution in [0, 0.1) is 0 Å². The number of carbonyl (C=O) groups excluding carboxylic acids is 1. The van der Waals surface area contributed by atoms with Gasteiger partial charge in [0.05, 0.1) is 5.69 Å². The molecule has 0 saturated carbocycles. The van der Waals surface area contributed by atoms with Crippen LogP contribution in [-0.4, -0.2) is 45.0 Å². The Bertz CT molecular complexity index is 722. The number of carboxylic acids is 1. The molecule has 8 nitrogen and oxygen atoms in total. The monoisotopic (exact) mass is 346 g/mol. The first kappa shape index (κ1) is 18.4. The number of aromatic carboxylic acids is 1. The predicted octanol–water partition coefficient (Wildman–Crippen LogP) is 1.10. The number of nitrogens with zero attached hydrogens (tertiary/aromatic N) is 1. The van der Waals surface area contributed by atoms with E-state index in [9.17, 15) is 19.8 Å². The molecular formula is C17H18N2O6. The average molecular weight is 346 g/mol. The lowest BCUT2D eigenvalue weighted by Crippen LogP contribution is -2.36. The molecule has 0 fully saturated rings. The van der Waals surface area contributed by atoms with Crippen LogP contribution in [0.5, 0.6) is 0 Å². The zero-order valence-electron chi connectivity index (χ0n) is 13.2. The number of amides is 1. The van der Waals surface area contributed by atoms with E-state index in [0.717, 1.165) is 5.56 Å². The molecule has 0 aliphatic carbocycles. The topological polar surface area (TPSA) is 129 Å². The van der Waals surface area contributed by atoms with Gasteiger partial charge in [0.25, 0.3) is 0 Å². The number of benzene rings is 1. The third kappa shape index (κ3) is 5.55. The zero-order chi connectivity index (χ0) is 18.2. The first-order valence-electron chi connectivity index (χ1n) is 7.48. The maximum Gasteiger partial charge on any atom is 0.407 e. The van der Waals surface area contributed by atoms with Crippen molar-refractivity contribution in [3.63, 3.8) is 0 Å². The van der Waals surface area contributed by atoms with E-state index in [1.807, 2.05) is 18.2 Å². The summed E-state index contributed by atoms with van der Waals surface area (Å²) in [6.45, 7) is -0.207. The molecule has 1 aromatic heterocycles. The smallest absolute Gasteiger partial charge is 0.407 e. The third-order valence-electron chi connectivity index (χ3n) is 3.33. The van der Waals surface area contributed by atoms with E-state index in [1.54, 1.807) is 12.1 Å². The van der Waals surface area contributed by atoms with Gasteiger partial charge in [-0.05, 0) is 17.7 Å². The second-order valence-corrected chi connectivity index (χ2v) is 5.21. The van der Waals surface area contributed by atoms with Crippen LogP contribution in [0.2, 0.25) is 0 Å². The van der Waals surface area contributed by atoms with Crippen molar-refractivity contribution in [2.24, 2.45) is 0 Å². The molecule has 2 rings (SSSR count). The number of carbonyl (C=O) groups is 2. The number of hydrogen-bond acceptors (Lipinski definition) is 6. The summed E-state index contributed by atoms with van der Waals surface area (Å²) in [6.07, 6.45) is -3.57. The lowest BCUT2D eigenvalue weighted by atomic mass is 10.1. The van der Waals surface area contributed by atoms with E-state index in [1.165, 1.54) is 18.2 Å². The molecule has 1 aromatic carbocycles. The van der Waals surface area contributed by atoms with Gasteiger partial charge in [0.1, 0.15) is 24.5 Å². The fraction of sp³-hybridized carbons (Fsp3) is 0.235. The number of ether oxygens (including phenoxy) is 1. The van der Waals surface area contributed by atoms with E-state index in [2.05, 4.69) is 10.3 Å². The molecule has 0 aliphatic heterocycles. The van der Waals surface area contributed by atoms with Gasteiger partial charge in [0.15, 0.2) is 0 Å². The molecule has 2 atom stereocenters. The van der Waals surface area contributed by atoms with E-state index < -0.39 is 24.3 Å². The number of aliphatic hydroxyl groups is 2. The van der Waals surface area contributed by atoms with Crippen LogP contribution in [-0.2, 0) is 11.3 Å². The summed E-state index contributed by atoms with van der Waals surface area (Å²) < 4.78 is 4.98. The highest BCUT2D eigenvalue weighted by atomic mass is 16.5. The summed E-state index contributed by atoms with van der Waals surface area (Å²) in [4.78, 5) is 26.2. The molecule has 4 N–H and O–H groups in total. The summed E-state index contributed by atoms with van der Waals surface area (Å²) in [7, 11) is 0. The first-order chi connectivity index (χ1) is 12.0. The summed E-state index contributed by atoms with van der Waals surface area (Å²) in [5.41, 5.74) is 0.554. The summed E-state index contributed by atoms with van der Waals surface area (Å²) in [6, 6.07) is 13.1. The summed E-state index contributed by atoms with van der Waals surface area (Å²) >= 11 is 0. The Balaban J connectivity index is 1.82. The van der Waals surface area contributed by atoms with Crippen LogP contribution in [0.1, 0.15) is 27.8 Å². The molecule has 1 heterocycles. The fourth-order valence-corrected chi connectivity index (χ4v) is 2.01. The average Bonchev–Trinajstić information content (AvgIpc) is 2.64. The maximum absolute atomic E-state index is 11.6. The highest BCUT2D eigenvalue weighted by molar-refractivity contribution is 5.85. The van der Waals surface area contributed by atoms with Crippen LogP contribution in [0.15, 0.2) is 48.5 Å². The van der Waals surface area contributed by atoms with Gasteiger partial charge in [-0.1, -0.05) is 36.4 Å². The van der Waals surface area contributed by atoms with Crippen LogP contribution in [0.25, 0.3) is 0 Å². The largest absolute Gasteiger partial charge is 0.477 e. The Hall–Kier alpha value is -2.97. The maximum atomic E-state index is 11.6. The van der Waals surface area contributed by atoms with Crippen LogP contribution >= 0.6 is 0 Å². The molecule has 0 bridgehead atoms. The lowest BCUT2D eigenvalue weighted by Gasteiger charge is -2.18. The number of aliphatic hydroxyl groups excluding tert-OH is 2. The molecule has 0 radical (unpaired) electrons. The van der Waals surface area contributed by atoms with Crippen molar-refractivity contribution in [1.29, 1.82) is 0 Å². The number of hydrogen-bond donors (Lipinski definition) is 4.